The summed E-state index contributed by atoms with van der Waals surface area (Å²) in [5.74, 6) is 0.252. The summed E-state index contributed by atoms with van der Waals surface area (Å²) < 4.78 is 46.6. The van der Waals surface area contributed by atoms with E-state index in [9.17, 15) is 12.6 Å². The van der Waals surface area contributed by atoms with E-state index in [0.717, 1.165) is 5.56 Å². The molecule has 0 radical (unpaired) electrons. The van der Waals surface area contributed by atoms with Crippen LogP contribution in [0.5, 0.6) is 0 Å². The number of sulfonamides is 1. The first-order valence-corrected chi connectivity index (χ1v) is 11.8. The zero-order valence-corrected chi connectivity index (χ0v) is 17.4. The van der Waals surface area contributed by atoms with Gasteiger partial charge in [-0.25, -0.2) is 0 Å². The molecule has 148 valence electrons. The SMILES string of the molecule is O=S(Cc1ccccc1)c1ccc(Cl)cc1NS(=O)(=O)c1cc2ccccc2o1. The standard InChI is InChI=1S/C21H16ClNO4S2/c22-17-10-11-20(28(24)14-15-6-2-1-3-7-15)18(13-17)23-29(25,26)21-12-16-8-4-5-9-19(16)27-21/h1-13,23H,14H2. The van der Waals surface area contributed by atoms with E-state index in [1.807, 2.05) is 30.3 Å². The first-order valence-electron chi connectivity index (χ1n) is 8.66. The molecule has 0 aliphatic rings. The molecule has 0 fully saturated rings. The third kappa shape index (κ3) is 4.37. The van der Waals surface area contributed by atoms with Crippen LogP contribution in [0, 0.1) is 0 Å². The van der Waals surface area contributed by atoms with Crippen LogP contribution in [0.3, 0.4) is 0 Å². The van der Waals surface area contributed by atoms with Gasteiger partial charge in [0, 0.05) is 16.5 Å². The van der Waals surface area contributed by atoms with Crippen LogP contribution < -0.4 is 4.72 Å². The number of hydrogen-bond acceptors (Lipinski definition) is 4. The molecule has 0 saturated heterocycles. The molecule has 1 N–H and O–H groups in total. The van der Waals surface area contributed by atoms with Crippen LogP contribution in [0.1, 0.15) is 5.56 Å². The monoisotopic (exact) mass is 445 g/mol. The van der Waals surface area contributed by atoms with E-state index in [4.69, 9.17) is 16.0 Å². The highest BCUT2D eigenvalue weighted by Crippen LogP contribution is 2.29. The van der Waals surface area contributed by atoms with Crippen molar-refractivity contribution in [2.45, 2.75) is 15.7 Å². The molecule has 0 aliphatic heterocycles. The van der Waals surface area contributed by atoms with Gasteiger partial charge in [-0.2, -0.15) is 8.42 Å². The lowest BCUT2D eigenvalue weighted by Crippen LogP contribution is -2.14. The summed E-state index contributed by atoms with van der Waals surface area (Å²) in [6.07, 6.45) is 0. The highest BCUT2D eigenvalue weighted by atomic mass is 35.5. The predicted octanol–water partition coefficient (Wildman–Crippen LogP) is 5.19. The Morgan fingerprint density at radius 2 is 1.66 bits per heavy atom. The minimum atomic E-state index is -4.03. The molecule has 0 spiro atoms. The number of fused-ring (bicyclic) bond motifs is 1. The molecule has 0 saturated carbocycles. The first-order chi connectivity index (χ1) is 13.9. The van der Waals surface area contributed by atoms with Crippen molar-refractivity contribution in [2.75, 3.05) is 4.72 Å². The van der Waals surface area contributed by atoms with E-state index >= 15 is 0 Å². The minimum Gasteiger partial charge on any atom is -0.443 e. The maximum absolute atomic E-state index is 12.9. The smallest absolute Gasteiger partial charge is 0.295 e. The Hall–Kier alpha value is -2.61. The zero-order chi connectivity index (χ0) is 20.4. The Bertz CT molecular complexity index is 1270. The third-order valence-electron chi connectivity index (χ3n) is 4.24. The average molecular weight is 446 g/mol. The summed E-state index contributed by atoms with van der Waals surface area (Å²) in [7, 11) is -5.51. The molecule has 5 nitrogen and oxygen atoms in total. The average Bonchev–Trinajstić information content (AvgIpc) is 3.14. The van der Waals surface area contributed by atoms with Crippen molar-refractivity contribution in [2.24, 2.45) is 0 Å². The Kier molecular flexibility index (Phi) is 5.45. The summed E-state index contributed by atoms with van der Waals surface area (Å²) in [5, 5.41) is 0.776. The lowest BCUT2D eigenvalue weighted by Gasteiger charge is -2.12. The van der Waals surface area contributed by atoms with Gasteiger partial charge < -0.3 is 4.42 Å². The van der Waals surface area contributed by atoms with E-state index in [-0.39, 0.29) is 16.5 Å². The third-order valence-corrected chi connectivity index (χ3v) is 7.14. The van der Waals surface area contributed by atoms with Crippen molar-refractivity contribution in [3.05, 3.63) is 89.4 Å². The molecule has 0 bridgehead atoms. The summed E-state index contributed by atoms with van der Waals surface area (Å²) >= 11 is 6.06. The van der Waals surface area contributed by atoms with E-state index in [2.05, 4.69) is 4.72 Å². The largest absolute Gasteiger partial charge is 0.443 e. The molecule has 1 atom stereocenters. The molecule has 8 heteroatoms. The van der Waals surface area contributed by atoms with Crippen LogP contribution in [0.2, 0.25) is 5.02 Å². The second-order valence-corrected chi connectivity index (χ2v) is 9.79. The van der Waals surface area contributed by atoms with Crippen molar-refractivity contribution in [3.63, 3.8) is 0 Å². The number of furan rings is 1. The van der Waals surface area contributed by atoms with Gasteiger partial charge in [-0.1, -0.05) is 60.1 Å². The first kappa shape index (κ1) is 19.7. The molecule has 4 aromatic rings. The van der Waals surface area contributed by atoms with Crippen LogP contribution in [0.15, 0.2) is 93.3 Å². The Morgan fingerprint density at radius 1 is 0.931 bits per heavy atom. The van der Waals surface area contributed by atoms with Crippen molar-refractivity contribution >= 4 is 49.1 Å². The highest BCUT2D eigenvalue weighted by Gasteiger charge is 2.22. The fourth-order valence-electron chi connectivity index (χ4n) is 2.87. The van der Waals surface area contributed by atoms with Crippen molar-refractivity contribution in [1.82, 2.24) is 0 Å². The van der Waals surface area contributed by atoms with Gasteiger partial charge in [0.05, 0.1) is 27.1 Å². The van der Waals surface area contributed by atoms with Gasteiger partial charge >= 0.3 is 0 Å². The number of rotatable bonds is 6. The summed E-state index contributed by atoms with van der Waals surface area (Å²) in [5.41, 5.74) is 1.51. The molecule has 1 aromatic heterocycles. The van der Waals surface area contributed by atoms with Crippen molar-refractivity contribution < 1.29 is 17.0 Å². The fourth-order valence-corrected chi connectivity index (χ4v) is 5.37. The van der Waals surface area contributed by atoms with Crippen molar-refractivity contribution in [1.29, 1.82) is 0 Å². The molecular weight excluding hydrogens is 430 g/mol. The maximum Gasteiger partial charge on any atom is 0.295 e. The number of hydrogen-bond donors (Lipinski definition) is 1. The Labute approximate surface area is 175 Å². The number of benzene rings is 3. The maximum atomic E-state index is 12.9. The summed E-state index contributed by atoms with van der Waals surface area (Å²) in [6, 6.07) is 22.4. The Morgan fingerprint density at radius 3 is 2.41 bits per heavy atom. The summed E-state index contributed by atoms with van der Waals surface area (Å²) in [4.78, 5) is 0.345. The predicted molar refractivity (Wildman–Crippen MR) is 115 cm³/mol. The number of nitrogens with one attached hydrogen (secondary N) is 1. The zero-order valence-electron chi connectivity index (χ0n) is 15.0. The lowest BCUT2D eigenvalue weighted by atomic mass is 10.2. The van der Waals surface area contributed by atoms with Crippen LogP contribution >= 0.6 is 11.6 Å². The molecule has 4 rings (SSSR count). The van der Waals surface area contributed by atoms with E-state index in [1.165, 1.54) is 12.1 Å². The number of para-hydroxylation sites is 1. The quantitative estimate of drug-likeness (QED) is 0.442. The van der Waals surface area contributed by atoms with Crippen molar-refractivity contribution in [3.8, 4) is 0 Å². The van der Waals surface area contributed by atoms with Gasteiger partial charge in [0.15, 0.2) is 0 Å². The van der Waals surface area contributed by atoms with Gasteiger partial charge in [-0.3, -0.25) is 8.93 Å². The molecule has 1 heterocycles. The Balaban J connectivity index is 1.67. The molecule has 1 unspecified atom stereocenters. The molecular formula is C21H16ClNO4S2. The second-order valence-electron chi connectivity index (χ2n) is 6.32. The highest BCUT2D eigenvalue weighted by molar-refractivity contribution is 7.92. The van der Waals surface area contributed by atoms with Crippen LogP contribution in [0.4, 0.5) is 5.69 Å². The number of anilines is 1. The molecule has 0 amide bonds. The topological polar surface area (TPSA) is 76.4 Å². The minimum absolute atomic E-state index is 0.159. The van der Waals surface area contributed by atoms with E-state index in [0.29, 0.717) is 20.9 Å². The normalized spacial score (nSPS) is 12.7. The van der Waals surface area contributed by atoms with Gasteiger partial charge in [-0.05, 0) is 29.8 Å². The van der Waals surface area contributed by atoms with Gasteiger partial charge in [-0.15, -0.1) is 0 Å². The molecule has 3 aromatic carbocycles. The van der Waals surface area contributed by atoms with E-state index < -0.39 is 20.8 Å². The van der Waals surface area contributed by atoms with Crippen LogP contribution in [-0.4, -0.2) is 12.6 Å². The van der Waals surface area contributed by atoms with Crippen LogP contribution in [0.25, 0.3) is 11.0 Å². The number of halogens is 1. The van der Waals surface area contributed by atoms with Gasteiger partial charge in [0.1, 0.15) is 5.58 Å². The molecule has 29 heavy (non-hydrogen) atoms. The van der Waals surface area contributed by atoms with E-state index in [1.54, 1.807) is 36.4 Å². The molecule has 0 aliphatic carbocycles. The lowest BCUT2D eigenvalue weighted by molar-refractivity contribution is 0.484. The van der Waals surface area contributed by atoms with Gasteiger partial charge in [0.25, 0.3) is 10.0 Å². The van der Waals surface area contributed by atoms with Gasteiger partial charge in [0.2, 0.25) is 5.09 Å². The fraction of sp³-hybridized carbons (Fsp3) is 0.0476. The second kappa shape index (κ2) is 8.02. The van der Waals surface area contributed by atoms with Crippen LogP contribution in [-0.2, 0) is 26.6 Å². The summed E-state index contributed by atoms with van der Waals surface area (Å²) in [6.45, 7) is 0.